The molecule has 20 heavy (non-hydrogen) atoms. The van der Waals surface area contributed by atoms with Crippen LogP contribution in [0.4, 0.5) is 5.69 Å². The minimum atomic E-state index is 0.451. The Labute approximate surface area is 119 Å². The molecule has 106 valence electrons. The van der Waals surface area contributed by atoms with Crippen molar-refractivity contribution in [2.45, 2.75) is 32.4 Å². The summed E-state index contributed by atoms with van der Waals surface area (Å²) in [5.41, 5.74) is 9.25. The van der Waals surface area contributed by atoms with Gasteiger partial charge in [-0.05, 0) is 30.9 Å². The van der Waals surface area contributed by atoms with Crippen molar-refractivity contribution in [3.63, 3.8) is 0 Å². The van der Waals surface area contributed by atoms with E-state index in [1.54, 1.807) is 0 Å². The molecular formula is C15H21N5. The highest BCUT2D eigenvalue weighted by Gasteiger charge is 2.14. The Bertz CT molecular complexity index is 563. The standard InChI is InChI=1S/C15H21N5/c16-11-14-12-20(18-17-14)10-9-19-8-4-3-6-13-5-1-2-7-15(13)19/h1-2,5,7,12H,3-4,6,8-11,16H2. The Balaban J connectivity index is 1.70. The van der Waals surface area contributed by atoms with Crippen molar-refractivity contribution in [2.75, 3.05) is 18.0 Å². The number of hydrogen-bond acceptors (Lipinski definition) is 4. The molecule has 0 radical (unpaired) electrons. The van der Waals surface area contributed by atoms with E-state index in [-0.39, 0.29) is 0 Å². The predicted molar refractivity (Wildman–Crippen MR) is 79.5 cm³/mol. The third-order valence-electron chi connectivity index (χ3n) is 3.85. The zero-order valence-corrected chi connectivity index (χ0v) is 11.7. The number of anilines is 1. The fraction of sp³-hybridized carbons (Fsp3) is 0.467. The molecule has 0 aliphatic carbocycles. The van der Waals surface area contributed by atoms with Crippen molar-refractivity contribution in [2.24, 2.45) is 5.73 Å². The van der Waals surface area contributed by atoms with Gasteiger partial charge in [0.15, 0.2) is 0 Å². The summed E-state index contributed by atoms with van der Waals surface area (Å²) in [6, 6.07) is 8.73. The van der Waals surface area contributed by atoms with Gasteiger partial charge in [-0.25, -0.2) is 0 Å². The fourth-order valence-corrected chi connectivity index (χ4v) is 2.77. The van der Waals surface area contributed by atoms with Gasteiger partial charge in [-0.3, -0.25) is 4.68 Å². The molecule has 0 amide bonds. The van der Waals surface area contributed by atoms with Crippen LogP contribution in [0.15, 0.2) is 30.5 Å². The van der Waals surface area contributed by atoms with Crippen molar-refractivity contribution < 1.29 is 0 Å². The number of aryl methyl sites for hydroxylation is 1. The van der Waals surface area contributed by atoms with E-state index in [0.29, 0.717) is 6.54 Å². The minimum Gasteiger partial charge on any atom is -0.369 e. The molecule has 2 aromatic rings. The first-order valence-corrected chi connectivity index (χ1v) is 7.29. The van der Waals surface area contributed by atoms with E-state index in [1.807, 2.05) is 10.9 Å². The molecule has 0 atom stereocenters. The van der Waals surface area contributed by atoms with E-state index < -0.39 is 0 Å². The zero-order valence-electron chi connectivity index (χ0n) is 11.7. The Morgan fingerprint density at radius 1 is 1.15 bits per heavy atom. The molecular weight excluding hydrogens is 250 g/mol. The van der Waals surface area contributed by atoms with Crippen molar-refractivity contribution in [1.82, 2.24) is 15.0 Å². The Morgan fingerprint density at radius 3 is 2.90 bits per heavy atom. The van der Waals surface area contributed by atoms with Gasteiger partial charge in [0.05, 0.1) is 12.2 Å². The molecule has 3 rings (SSSR count). The number of para-hydroxylation sites is 1. The van der Waals surface area contributed by atoms with E-state index in [2.05, 4.69) is 39.5 Å². The van der Waals surface area contributed by atoms with Crippen LogP contribution >= 0.6 is 0 Å². The van der Waals surface area contributed by atoms with Crippen LogP contribution in [0.1, 0.15) is 24.1 Å². The highest BCUT2D eigenvalue weighted by molar-refractivity contribution is 5.54. The van der Waals surface area contributed by atoms with E-state index >= 15 is 0 Å². The molecule has 0 saturated carbocycles. The molecule has 2 N–H and O–H groups in total. The second-order valence-corrected chi connectivity index (χ2v) is 5.25. The average Bonchev–Trinajstić information content (AvgIpc) is 2.85. The smallest absolute Gasteiger partial charge is 0.0962 e. The summed E-state index contributed by atoms with van der Waals surface area (Å²) in [4.78, 5) is 2.46. The molecule has 0 unspecified atom stereocenters. The van der Waals surface area contributed by atoms with Gasteiger partial charge < -0.3 is 10.6 Å². The summed E-state index contributed by atoms with van der Waals surface area (Å²) < 4.78 is 1.88. The zero-order chi connectivity index (χ0) is 13.8. The molecule has 1 aliphatic heterocycles. The van der Waals surface area contributed by atoms with E-state index in [0.717, 1.165) is 25.3 Å². The maximum Gasteiger partial charge on any atom is 0.0962 e. The highest BCUT2D eigenvalue weighted by Crippen LogP contribution is 2.25. The Morgan fingerprint density at radius 2 is 2.05 bits per heavy atom. The number of benzene rings is 1. The van der Waals surface area contributed by atoms with Crippen molar-refractivity contribution in [1.29, 1.82) is 0 Å². The second-order valence-electron chi connectivity index (χ2n) is 5.25. The van der Waals surface area contributed by atoms with Crippen molar-refractivity contribution >= 4 is 5.69 Å². The molecule has 1 aromatic heterocycles. The summed E-state index contributed by atoms with van der Waals surface area (Å²) >= 11 is 0. The number of nitrogens with zero attached hydrogens (tertiary/aromatic N) is 4. The number of fused-ring (bicyclic) bond motifs is 1. The van der Waals surface area contributed by atoms with E-state index in [1.165, 1.54) is 30.5 Å². The molecule has 2 heterocycles. The Kier molecular flexibility index (Phi) is 3.97. The van der Waals surface area contributed by atoms with Crippen LogP contribution in [0.25, 0.3) is 0 Å². The van der Waals surface area contributed by atoms with Crippen LogP contribution in [0.5, 0.6) is 0 Å². The summed E-state index contributed by atoms with van der Waals surface area (Å²) in [5, 5.41) is 8.14. The molecule has 5 nitrogen and oxygen atoms in total. The van der Waals surface area contributed by atoms with Gasteiger partial charge in [0, 0.05) is 31.5 Å². The monoisotopic (exact) mass is 271 g/mol. The first-order chi connectivity index (χ1) is 9.86. The maximum atomic E-state index is 5.56. The van der Waals surface area contributed by atoms with Crippen LogP contribution in [-0.2, 0) is 19.5 Å². The summed E-state index contributed by atoms with van der Waals surface area (Å²) in [7, 11) is 0. The third kappa shape index (κ3) is 2.82. The largest absolute Gasteiger partial charge is 0.369 e. The van der Waals surface area contributed by atoms with E-state index in [9.17, 15) is 0 Å². The lowest BCUT2D eigenvalue weighted by Gasteiger charge is -2.24. The lowest BCUT2D eigenvalue weighted by molar-refractivity contribution is 0.571. The first kappa shape index (κ1) is 13.1. The molecule has 0 saturated heterocycles. The van der Waals surface area contributed by atoms with E-state index in [4.69, 9.17) is 5.73 Å². The first-order valence-electron chi connectivity index (χ1n) is 7.29. The van der Waals surface area contributed by atoms with Crippen molar-refractivity contribution in [3.8, 4) is 0 Å². The number of nitrogens with two attached hydrogens (primary N) is 1. The SMILES string of the molecule is NCc1cn(CCN2CCCCc3ccccc32)nn1. The topological polar surface area (TPSA) is 60.0 Å². The van der Waals surface area contributed by atoms with Crippen LogP contribution < -0.4 is 10.6 Å². The minimum absolute atomic E-state index is 0.451. The van der Waals surface area contributed by atoms with Gasteiger partial charge in [-0.2, -0.15) is 0 Å². The molecule has 1 aliphatic rings. The number of hydrogen-bond donors (Lipinski definition) is 1. The molecule has 0 bridgehead atoms. The van der Waals surface area contributed by atoms with Crippen molar-refractivity contribution in [3.05, 3.63) is 41.7 Å². The van der Waals surface area contributed by atoms with Gasteiger partial charge in [0.2, 0.25) is 0 Å². The number of rotatable bonds is 4. The second kappa shape index (κ2) is 6.05. The summed E-state index contributed by atoms with van der Waals surface area (Å²) in [5.74, 6) is 0. The quantitative estimate of drug-likeness (QED) is 0.917. The van der Waals surface area contributed by atoms with Crippen LogP contribution in [0.3, 0.4) is 0 Å². The van der Waals surface area contributed by atoms with Gasteiger partial charge in [0.25, 0.3) is 0 Å². The average molecular weight is 271 g/mol. The molecule has 0 fully saturated rings. The third-order valence-corrected chi connectivity index (χ3v) is 3.85. The van der Waals surface area contributed by atoms with Crippen LogP contribution in [-0.4, -0.2) is 28.1 Å². The lowest BCUT2D eigenvalue weighted by Crippen LogP contribution is -2.28. The summed E-state index contributed by atoms with van der Waals surface area (Å²) in [6.45, 7) is 3.38. The predicted octanol–water partition coefficient (Wildman–Crippen LogP) is 1.58. The number of aromatic nitrogens is 3. The van der Waals surface area contributed by atoms with Gasteiger partial charge in [0.1, 0.15) is 0 Å². The van der Waals surface area contributed by atoms with Gasteiger partial charge in [-0.15, -0.1) is 5.10 Å². The van der Waals surface area contributed by atoms with Gasteiger partial charge in [-0.1, -0.05) is 23.4 Å². The van der Waals surface area contributed by atoms with Crippen LogP contribution in [0.2, 0.25) is 0 Å². The normalized spacial score (nSPS) is 14.9. The van der Waals surface area contributed by atoms with Crippen LogP contribution in [0, 0.1) is 0 Å². The molecule has 5 heteroatoms. The Hall–Kier alpha value is -1.88. The molecule has 0 spiro atoms. The maximum absolute atomic E-state index is 5.56. The summed E-state index contributed by atoms with van der Waals surface area (Å²) in [6.07, 6.45) is 5.64. The molecule has 1 aromatic carbocycles. The van der Waals surface area contributed by atoms with Gasteiger partial charge >= 0.3 is 0 Å². The lowest BCUT2D eigenvalue weighted by atomic mass is 10.1. The fourth-order valence-electron chi connectivity index (χ4n) is 2.77. The highest BCUT2D eigenvalue weighted by atomic mass is 15.4.